The third-order valence-electron chi connectivity index (χ3n) is 4.02. The highest BCUT2D eigenvalue weighted by molar-refractivity contribution is 7.85. The van der Waals surface area contributed by atoms with Crippen molar-refractivity contribution in [2.24, 2.45) is 20.0 Å². The average molecular weight is 340 g/mol. The van der Waals surface area contributed by atoms with Crippen LogP contribution in [0.4, 0.5) is 0 Å². The summed E-state index contributed by atoms with van der Waals surface area (Å²) in [4.78, 5) is 19.2. The summed E-state index contributed by atoms with van der Waals surface area (Å²) in [6, 6.07) is 0. The van der Waals surface area contributed by atoms with E-state index in [-0.39, 0.29) is 0 Å². The normalized spacial score (nSPS) is 22.7. The average Bonchev–Trinajstić information content (AvgIpc) is 3.33. The topological polar surface area (TPSA) is 49.4 Å². The van der Waals surface area contributed by atoms with Crippen LogP contribution >= 0.6 is 12.6 Å². The van der Waals surface area contributed by atoms with E-state index in [0.717, 1.165) is 50.5 Å². The van der Waals surface area contributed by atoms with Crippen molar-refractivity contribution in [3.8, 4) is 0 Å². The Balaban J connectivity index is 1.66. The number of fused-ring (bicyclic) bond motifs is 4. The van der Waals surface area contributed by atoms with Gasteiger partial charge in [0, 0.05) is 4.91 Å². The van der Waals surface area contributed by atoms with Gasteiger partial charge >= 0.3 is 0 Å². The van der Waals surface area contributed by atoms with Crippen LogP contribution in [-0.2, 0) is 0 Å². The second-order valence-corrected chi connectivity index (χ2v) is 6.40. The predicted molar refractivity (Wildman–Crippen MR) is 107 cm³/mol. The molecule has 5 heterocycles. The molecular formula is C20H12N4S. The third-order valence-corrected chi connectivity index (χ3v) is 4.38. The highest BCUT2D eigenvalue weighted by Gasteiger charge is 2.14. The summed E-state index contributed by atoms with van der Waals surface area (Å²) in [6.07, 6.45) is 21.6. The van der Waals surface area contributed by atoms with E-state index in [9.17, 15) is 0 Å². The third kappa shape index (κ3) is 2.79. The van der Waals surface area contributed by atoms with Crippen LogP contribution in [0.15, 0.2) is 114 Å². The van der Waals surface area contributed by atoms with Gasteiger partial charge in [-0.05, 0) is 66.8 Å². The maximum absolute atomic E-state index is 4.62. The number of hydrogen-bond acceptors (Lipinski definition) is 5. The van der Waals surface area contributed by atoms with E-state index in [1.807, 2.05) is 66.8 Å². The molecule has 0 fully saturated rings. The van der Waals surface area contributed by atoms with E-state index < -0.39 is 0 Å². The second-order valence-electron chi connectivity index (χ2n) is 5.91. The molecule has 0 amide bonds. The molecule has 0 atom stereocenters. The fourth-order valence-electron chi connectivity index (χ4n) is 2.88. The number of rotatable bonds is 0. The van der Waals surface area contributed by atoms with Crippen molar-refractivity contribution in [1.82, 2.24) is 0 Å². The summed E-state index contributed by atoms with van der Waals surface area (Å²) in [7, 11) is 0. The lowest BCUT2D eigenvalue weighted by Crippen LogP contribution is -1.91. The molecule has 0 aromatic carbocycles. The first-order chi connectivity index (χ1) is 12.2. The van der Waals surface area contributed by atoms with Gasteiger partial charge in [-0.15, -0.1) is 12.6 Å². The molecular weight excluding hydrogens is 328 g/mol. The molecule has 4 nitrogen and oxygen atoms in total. The molecule has 25 heavy (non-hydrogen) atoms. The largest absolute Gasteiger partial charge is 0.249 e. The molecule has 5 heteroatoms. The lowest BCUT2D eigenvalue weighted by atomic mass is 10.2. The van der Waals surface area contributed by atoms with Crippen LogP contribution in [0, 0.1) is 0 Å². The smallest absolute Gasteiger partial charge is 0.0792 e. The van der Waals surface area contributed by atoms with Crippen LogP contribution in [0.3, 0.4) is 0 Å². The Hall–Kier alpha value is -3.05. The molecule has 0 aromatic heterocycles. The quantitative estimate of drug-likeness (QED) is 0.652. The lowest BCUT2D eigenvalue weighted by Gasteiger charge is -1.95. The molecule has 118 valence electrons. The zero-order valence-electron chi connectivity index (χ0n) is 13.1. The van der Waals surface area contributed by atoms with Crippen molar-refractivity contribution in [1.29, 1.82) is 0 Å². The zero-order valence-corrected chi connectivity index (χ0v) is 14.0. The molecule has 0 aliphatic carbocycles. The number of nitrogens with zero attached hydrogens (tertiary/aromatic N) is 4. The molecule has 0 saturated carbocycles. The van der Waals surface area contributed by atoms with Crippen LogP contribution in [0.25, 0.3) is 0 Å². The molecule has 0 radical (unpaired) electrons. The first-order valence-electron chi connectivity index (χ1n) is 7.88. The highest BCUT2D eigenvalue weighted by Crippen LogP contribution is 2.24. The summed E-state index contributed by atoms with van der Waals surface area (Å²) in [5.74, 6) is 0. The van der Waals surface area contributed by atoms with Crippen molar-refractivity contribution in [2.45, 2.75) is 0 Å². The van der Waals surface area contributed by atoms with Gasteiger partial charge in [-0.25, -0.2) is 20.0 Å². The molecule has 0 aromatic rings. The van der Waals surface area contributed by atoms with E-state index in [1.165, 1.54) is 0 Å². The maximum atomic E-state index is 4.62. The van der Waals surface area contributed by atoms with E-state index in [1.54, 1.807) is 0 Å². The van der Waals surface area contributed by atoms with Crippen molar-refractivity contribution in [3.63, 3.8) is 0 Å². The van der Waals surface area contributed by atoms with Crippen LogP contribution in [-0.4, -0.2) is 22.8 Å². The Morgan fingerprint density at radius 2 is 0.960 bits per heavy atom. The van der Waals surface area contributed by atoms with Crippen molar-refractivity contribution in [3.05, 3.63) is 94.5 Å². The van der Waals surface area contributed by atoms with Crippen LogP contribution in [0.5, 0.6) is 0 Å². The number of thiol groups is 1. The van der Waals surface area contributed by atoms with Gasteiger partial charge < -0.3 is 0 Å². The minimum Gasteiger partial charge on any atom is -0.249 e. The summed E-state index contributed by atoms with van der Waals surface area (Å²) < 4.78 is 0. The van der Waals surface area contributed by atoms with Gasteiger partial charge in [0.1, 0.15) is 0 Å². The van der Waals surface area contributed by atoms with Crippen molar-refractivity contribution >= 4 is 35.5 Å². The first-order valence-corrected chi connectivity index (χ1v) is 8.33. The Bertz CT molecular complexity index is 1080. The number of hydrogen-bond donors (Lipinski definition) is 1. The van der Waals surface area contributed by atoms with Gasteiger partial charge in [0.15, 0.2) is 0 Å². The standard InChI is InChI=1S/C20H12N4S/c25-20-11-18-9-16-4-3-14(22-16)7-12-1-2-13(21-12)8-15-5-6-17(23-15)10-19(20)24-18/h1-11,25H. The zero-order chi connectivity index (χ0) is 16.8. The van der Waals surface area contributed by atoms with E-state index in [4.69, 9.17) is 0 Å². The van der Waals surface area contributed by atoms with Crippen LogP contribution < -0.4 is 0 Å². The van der Waals surface area contributed by atoms with Crippen LogP contribution in [0.2, 0.25) is 0 Å². The van der Waals surface area contributed by atoms with E-state index in [2.05, 4.69) is 32.6 Å². The van der Waals surface area contributed by atoms with Crippen LogP contribution in [0.1, 0.15) is 0 Å². The highest BCUT2D eigenvalue weighted by atomic mass is 32.1. The minimum absolute atomic E-state index is 0.804. The van der Waals surface area contributed by atoms with Gasteiger partial charge in [0.25, 0.3) is 0 Å². The fourth-order valence-corrected chi connectivity index (χ4v) is 3.13. The van der Waals surface area contributed by atoms with Gasteiger partial charge in [-0.1, -0.05) is 0 Å². The summed E-state index contributed by atoms with van der Waals surface area (Å²) in [5.41, 5.74) is 6.86. The minimum atomic E-state index is 0.804. The maximum Gasteiger partial charge on any atom is 0.0792 e. The number of aliphatic imine (C=N–C) groups is 4. The Kier molecular flexibility index (Phi) is 3.15. The van der Waals surface area contributed by atoms with Gasteiger partial charge in [-0.2, -0.15) is 0 Å². The molecule has 5 aliphatic heterocycles. The first kappa shape index (κ1) is 14.3. The van der Waals surface area contributed by atoms with Gasteiger partial charge in [0.2, 0.25) is 0 Å². The SMILES string of the molecule is SC1=CC2=CC3=NC(=CC4=NC(=CC5=NC(=CC1=N2)C=C5)C=C4)C=C3. The molecule has 5 aliphatic rings. The number of allylic oxidation sites excluding steroid dienone is 12. The molecule has 0 spiro atoms. The molecule has 0 unspecified atom stereocenters. The summed E-state index contributed by atoms with van der Waals surface area (Å²) in [5, 5.41) is 0. The molecule has 0 N–H and O–H groups in total. The fraction of sp³-hybridized carbons (Fsp3) is 0. The van der Waals surface area contributed by atoms with Crippen molar-refractivity contribution < 1.29 is 0 Å². The Morgan fingerprint density at radius 3 is 1.52 bits per heavy atom. The van der Waals surface area contributed by atoms with E-state index >= 15 is 0 Å². The summed E-state index contributed by atoms with van der Waals surface area (Å²) >= 11 is 4.52. The Labute approximate surface area is 150 Å². The van der Waals surface area contributed by atoms with Gasteiger partial charge in [0.05, 0.1) is 45.6 Å². The predicted octanol–water partition coefficient (Wildman–Crippen LogP) is 3.84. The van der Waals surface area contributed by atoms with Gasteiger partial charge in [-0.3, -0.25) is 0 Å². The molecule has 0 saturated heterocycles. The monoisotopic (exact) mass is 340 g/mol. The molecule has 8 bridgehead atoms. The van der Waals surface area contributed by atoms with E-state index in [0.29, 0.717) is 0 Å². The lowest BCUT2D eigenvalue weighted by molar-refractivity contribution is 1.41. The molecule has 5 rings (SSSR count). The Morgan fingerprint density at radius 1 is 0.480 bits per heavy atom. The van der Waals surface area contributed by atoms with Crippen molar-refractivity contribution in [2.75, 3.05) is 0 Å². The summed E-state index contributed by atoms with van der Waals surface area (Å²) in [6.45, 7) is 0. The second kappa shape index (κ2) is 5.50.